The summed E-state index contributed by atoms with van der Waals surface area (Å²) in [6.45, 7) is 5.44. The second kappa shape index (κ2) is 7.01. The van der Waals surface area contributed by atoms with Crippen LogP contribution in [0, 0.1) is 0 Å². The van der Waals surface area contributed by atoms with Crippen LogP contribution in [0.3, 0.4) is 0 Å². The van der Waals surface area contributed by atoms with Gasteiger partial charge in [-0.1, -0.05) is 0 Å². The third-order valence-corrected chi connectivity index (χ3v) is 2.38. The molecule has 1 unspecified atom stereocenters. The maximum atomic E-state index is 5.36. The summed E-state index contributed by atoms with van der Waals surface area (Å²) in [4.78, 5) is 0. The first-order valence-corrected chi connectivity index (χ1v) is 5.77. The summed E-state index contributed by atoms with van der Waals surface area (Å²) in [6.07, 6.45) is 0. The van der Waals surface area contributed by atoms with Gasteiger partial charge in [0.2, 0.25) is 0 Å². The van der Waals surface area contributed by atoms with Crippen LogP contribution in [0.25, 0.3) is 0 Å². The molecule has 0 aliphatic heterocycles. The smallest absolute Gasteiger partial charge is 0.142 e. The van der Waals surface area contributed by atoms with Crippen LogP contribution in [-0.2, 0) is 4.74 Å². The molecule has 96 valence electrons. The molecule has 0 heterocycles. The zero-order valence-corrected chi connectivity index (χ0v) is 10.9. The Balaban J connectivity index is 2.72. The Kier molecular flexibility index (Phi) is 5.63. The van der Waals surface area contributed by atoms with Gasteiger partial charge in [0.15, 0.2) is 0 Å². The van der Waals surface area contributed by atoms with E-state index in [-0.39, 0.29) is 6.04 Å². The molecule has 0 amide bonds. The number of rotatable bonds is 7. The summed E-state index contributed by atoms with van der Waals surface area (Å²) in [7, 11) is 3.30. The third kappa shape index (κ3) is 4.15. The third-order valence-electron chi connectivity index (χ3n) is 2.38. The van der Waals surface area contributed by atoms with E-state index in [2.05, 4.69) is 12.2 Å². The van der Waals surface area contributed by atoms with Crippen LogP contribution in [0.2, 0.25) is 0 Å². The van der Waals surface area contributed by atoms with Crippen LogP contribution < -0.4 is 14.8 Å². The van der Waals surface area contributed by atoms with Gasteiger partial charge >= 0.3 is 0 Å². The molecule has 0 saturated heterocycles. The Bertz CT molecular complexity index is 341. The van der Waals surface area contributed by atoms with Gasteiger partial charge in [-0.2, -0.15) is 0 Å². The van der Waals surface area contributed by atoms with Crippen molar-refractivity contribution in [1.82, 2.24) is 0 Å². The van der Waals surface area contributed by atoms with E-state index in [0.717, 1.165) is 23.8 Å². The Labute approximate surface area is 103 Å². The van der Waals surface area contributed by atoms with Crippen molar-refractivity contribution >= 4 is 5.69 Å². The highest BCUT2D eigenvalue weighted by Gasteiger charge is 2.08. The lowest BCUT2D eigenvalue weighted by atomic mass is 10.2. The van der Waals surface area contributed by atoms with Crippen LogP contribution in [0.1, 0.15) is 13.8 Å². The fourth-order valence-corrected chi connectivity index (χ4v) is 1.53. The SMILES string of the molecule is CCOCC(C)Nc1cc(OC)ccc1OC. The van der Waals surface area contributed by atoms with Crippen molar-refractivity contribution in [3.05, 3.63) is 18.2 Å². The number of hydrogen-bond donors (Lipinski definition) is 1. The Morgan fingerprint density at radius 3 is 2.59 bits per heavy atom. The van der Waals surface area contributed by atoms with E-state index in [0.29, 0.717) is 6.61 Å². The van der Waals surface area contributed by atoms with Crippen LogP contribution in [0.15, 0.2) is 18.2 Å². The molecular weight excluding hydrogens is 218 g/mol. The predicted octanol–water partition coefficient (Wildman–Crippen LogP) is 2.54. The molecule has 1 atom stereocenters. The molecule has 0 aliphatic carbocycles. The highest BCUT2D eigenvalue weighted by Crippen LogP contribution is 2.29. The first-order chi connectivity index (χ1) is 8.21. The van der Waals surface area contributed by atoms with Gasteiger partial charge in [-0.3, -0.25) is 0 Å². The van der Waals surface area contributed by atoms with Gasteiger partial charge in [-0.25, -0.2) is 0 Å². The summed E-state index contributed by atoms with van der Waals surface area (Å²) >= 11 is 0. The minimum absolute atomic E-state index is 0.218. The largest absolute Gasteiger partial charge is 0.497 e. The van der Waals surface area contributed by atoms with Gasteiger partial charge in [-0.15, -0.1) is 0 Å². The molecule has 0 aliphatic rings. The number of hydrogen-bond acceptors (Lipinski definition) is 4. The quantitative estimate of drug-likeness (QED) is 0.793. The van der Waals surface area contributed by atoms with Crippen molar-refractivity contribution in [1.29, 1.82) is 0 Å². The molecule has 0 radical (unpaired) electrons. The molecule has 4 heteroatoms. The minimum Gasteiger partial charge on any atom is -0.497 e. The molecule has 17 heavy (non-hydrogen) atoms. The topological polar surface area (TPSA) is 39.7 Å². The molecule has 1 aromatic rings. The highest BCUT2D eigenvalue weighted by molar-refractivity contribution is 5.60. The predicted molar refractivity (Wildman–Crippen MR) is 69.1 cm³/mol. The minimum atomic E-state index is 0.218. The average Bonchev–Trinajstić information content (AvgIpc) is 2.36. The Hall–Kier alpha value is -1.42. The number of nitrogens with one attached hydrogen (secondary N) is 1. The fraction of sp³-hybridized carbons (Fsp3) is 0.538. The van der Waals surface area contributed by atoms with Gasteiger partial charge in [0.05, 0.1) is 26.5 Å². The van der Waals surface area contributed by atoms with Crippen molar-refractivity contribution < 1.29 is 14.2 Å². The highest BCUT2D eigenvalue weighted by atomic mass is 16.5. The van der Waals surface area contributed by atoms with Crippen LogP contribution in [0.5, 0.6) is 11.5 Å². The Morgan fingerprint density at radius 1 is 1.24 bits per heavy atom. The number of anilines is 1. The van der Waals surface area contributed by atoms with Crippen LogP contribution in [-0.4, -0.2) is 33.5 Å². The van der Waals surface area contributed by atoms with E-state index in [1.807, 2.05) is 25.1 Å². The molecule has 0 bridgehead atoms. The number of methoxy groups -OCH3 is 2. The fourth-order valence-electron chi connectivity index (χ4n) is 1.53. The molecular formula is C13H21NO3. The van der Waals surface area contributed by atoms with Gasteiger partial charge in [-0.05, 0) is 26.0 Å². The maximum Gasteiger partial charge on any atom is 0.142 e. The second-order valence-electron chi connectivity index (χ2n) is 3.77. The zero-order chi connectivity index (χ0) is 12.7. The van der Waals surface area contributed by atoms with E-state index >= 15 is 0 Å². The molecule has 4 nitrogen and oxygen atoms in total. The van der Waals surface area contributed by atoms with Crippen LogP contribution >= 0.6 is 0 Å². The van der Waals surface area contributed by atoms with Crippen molar-refractivity contribution in [2.24, 2.45) is 0 Å². The molecule has 1 rings (SSSR count). The van der Waals surface area contributed by atoms with Gasteiger partial charge < -0.3 is 19.5 Å². The summed E-state index contributed by atoms with van der Waals surface area (Å²) in [5, 5.41) is 3.34. The molecule has 0 aromatic heterocycles. The molecule has 1 N–H and O–H groups in total. The summed E-state index contributed by atoms with van der Waals surface area (Å²) in [5.41, 5.74) is 0.916. The van der Waals surface area contributed by atoms with Gasteiger partial charge in [0, 0.05) is 18.7 Å². The number of ether oxygens (including phenoxy) is 3. The lowest BCUT2D eigenvalue weighted by Crippen LogP contribution is -2.22. The van der Waals surface area contributed by atoms with Crippen molar-refractivity contribution in [2.75, 3.05) is 32.8 Å². The summed E-state index contributed by atoms with van der Waals surface area (Å²) < 4.78 is 15.8. The monoisotopic (exact) mass is 239 g/mol. The first-order valence-electron chi connectivity index (χ1n) is 5.77. The Morgan fingerprint density at radius 2 is 2.00 bits per heavy atom. The zero-order valence-electron chi connectivity index (χ0n) is 10.9. The van der Waals surface area contributed by atoms with Gasteiger partial charge in [0.25, 0.3) is 0 Å². The molecule has 0 spiro atoms. The van der Waals surface area contributed by atoms with Crippen LogP contribution in [0.4, 0.5) is 5.69 Å². The number of benzene rings is 1. The van der Waals surface area contributed by atoms with E-state index in [4.69, 9.17) is 14.2 Å². The van der Waals surface area contributed by atoms with Crippen molar-refractivity contribution in [3.8, 4) is 11.5 Å². The normalized spacial score (nSPS) is 12.0. The van der Waals surface area contributed by atoms with Crippen molar-refractivity contribution in [3.63, 3.8) is 0 Å². The molecule has 0 fully saturated rings. The standard InChI is InChI=1S/C13H21NO3/c1-5-17-9-10(2)14-12-8-11(15-3)6-7-13(12)16-4/h6-8,10,14H,5,9H2,1-4H3. The first kappa shape index (κ1) is 13.6. The maximum absolute atomic E-state index is 5.36. The van der Waals surface area contributed by atoms with Gasteiger partial charge in [0.1, 0.15) is 11.5 Å². The lowest BCUT2D eigenvalue weighted by Gasteiger charge is -2.18. The van der Waals surface area contributed by atoms with Crippen molar-refractivity contribution in [2.45, 2.75) is 19.9 Å². The van der Waals surface area contributed by atoms with E-state index in [1.165, 1.54) is 0 Å². The average molecular weight is 239 g/mol. The molecule has 1 aromatic carbocycles. The molecule has 0 saturated carbocycles. The van der Waals surface area contributed by atoms with E-state index in [9.17, 15) is 0 Å². The van der Waals surface area contributed by atoms with E-state index in [1.54, 1.807) is 14.2 Å². The lowest BCUT2D eigenvalue weighted by molar-refractivity contribution is 0.141. The summed E-state index contributed by atoms with van der Waals surface area (Å²) in [6, 6.07) is 5.89. The second-order valence-corrected chi connectivity index (χ2v) is 3.77. The van der Waals surface area contributed by atoms with E-state index < -0.39 is 0 Å². The summed E-state index contributed by atoms with van der Waals surface area (Å²) in [5.74, 6) is 1.60.